The van der Waals surface area contributed by atoms with E-state index in [0.717, 1.165) is 0 Å². The van der Waals surface area contributed by atoms with Gasteiger partial charge in [-0.25, -0.2) is 12.8 Å². The lowest BCUT2D eigenvalue weighted by Crippen LogP contribution is -2.37. The highest BCUT2D eigenvalue weighted by molar-refractivity contribution is 7.93. The topological polar surface area (TPSA) is 34.1 Å². The third-order valence-corrected chi connectivity index (χ3v) is 7.17. The maximum absolute atomic E-state index is 14.3. The molecule has 1 fully saturated rings. The molecule has 4 heteroatoms. The second-order valence-electron chi connectivity index (χ2n) is 6.08. The van der Waals surface area contributed by atoms with Crippen LogP contribution in [0.5, 0.6) is 0 Å². The highest BCUT2D eigenvalue weighted by atomic mass is 32.2. The zero-order valence-electron chi connectivity index (χ0n) is 11.0. The van der Waals surface area contributed by atoms with E-state index >= 15 is 0 Å². The van der Waals surface area contributed by atoms with Gasteiger partial charge in [0.2, 0.25) is 0 Å². The van der Waals surface area contributed by atoms with Crippen LogP contribution in [-0.4, -0.2) is 24.6 Å². The van der Waals surface area contributed by atoms with Gasteiger partial charge in [-0.05, 0) is 25.7 Å². The van der Waals surface area contributed by atoms with Gasteiger partial charge in [0.1, 0.15) is 6.17 Å². The lowest BCUT2D eigenvalue weighted by Gasteiger charge is -2.25. The Kier molecular flexibility index (Phi) is 3.46. The van der Waals surface area contributed by atoms with Gasteiger partial charge in [-0.1, -0.05) is 27.7 Å². The number of rotatable bonds is 2. The highest BCUT2D eigenvalue weighted by Gasteiger charge is 2.61. The molecule has 0 saturated carbocycles. The summed E-state index contributed by atoms with van der Waals surface area (Å²) >= 11 is 0. The predicted octanol–water partition coefficient (Wildman–Crippen LogP) is 2.83. The zero-order valence-corrected chi connectivity index (χ0v) is 11.8. The Morgan fingerprint density at radius 1 is 1.06 bits per heavy atom. The van der Waals surface area contributed by atoms with Crippen LogP contribution in [0.2, 0.25) is 0 Å². The van der Waals surface area contributed by atoms with Crippen molar-refractivity contribution in [3.63, 3.8) is 0 Å². The van der Waals surface area contributed by atoms with E-state index in [1.807, 2.05) is 27.7 Å². The molecule has 1 aliphatic heterocycles. The largest absolute Gasteiger partial charge is 0.245 e. The van der Waals surface area contributed by atoms with Gasteiger partial charge in [0.25, 0.3) is 0 Å². The van der Waals surface area contributed by atoms with Gasteiger partial charge < -0.3 is 0 Å². The average molecular weight is 250 g/mol. The molecule has 0 N–H and O–H groups in total. The van der Waals surface area contributed by atoms with Crippen LogP contribution >= 0.6 is 0 Å². The van der Waals surface area contributed by atoms with Crippen molar-refractivity contribution in [2.45, 2.75) is 57.7 Å². The molecule has 2 nitrogen and oxygen atoms in total. The lowest BCUT2D eigenvalue weighted by molar-refractivity contribution is 0.153. The summed E-state index contributed by atoms with van der Waals surface area (Å²) in [7, 11) is -3.38. The smallest absolute Gasteiger partial charge is 0.161 e. The van der Waals surface area contributed by atoms with Crippen molar-refractivity contribution in [3.05, 3.63) is 0 Å². The van der Waals surface area contributed by atoms with Gasteiger partial charge in [-0.3, -0.25) is 0 Å². The van der Waals surface area contributed by atoms with Gasteiger partial charge >= 0.3 is 0 Å². The minimum absolute atomic E-state index is 0.0302. The highest BCUT2D eigenvalue weighted by Crippen LogP contribution is 2.48. The SMILES string of the molecule is CC(C)C1C(C(C)C)S(=O)(=O)C(C)(C)[C@H]1F. The van der Waals surface area contributed by atoms with E-state index in [0.29, 0.717) is 0 Å². The summed E-state index contributed by atoms with van der Waals surface area (Å²) in [6.07, 6.45) is -1.26. The molecule has 1 aliphatic rings. The molecule has 16 heavy (non-hydrogen) atoms. The van der Waals surface area contributed by atoms with Gasteiger partial charge in [0.05, 0.1) is 10.00 Å². The van der Waals surface area contributed by atoms with Gasteiger partial charge in [0, 0.05) is 5.92 Å². The van der Waals surface area contributed by atoms with Crippen molar-refractivity contribution in [3.8, 4) is 0 Å². The van der Waals surface area contributed by atoms with Crippen LogP contribution in [0.3, 0.4) is 0 Å². The number of alkyl halides is 1. The van der Waals surface area contributed by atoms with E-state index < -0.39 is 26.0 Å². The second kappa shape index (κ2) is 3.97. The van der Waals surface area contributed by atoms with E-state index in [1.165, 1.54) is 13.8 Å². The molecular weight excluding hydrogens is 227 g/mol. The molecule has 3 atom stereocenters. The van der Waals surface area contributed by atoms with E-state index in [1.54, 1.807) is 0 Å². The fourth-order valence-corrected chi connectivity index (χ4v) is 5.62. The summed E-state index contributed by atoms with van der Waals surface area (Å²) in [5.74, 6) is -0.351. The van der Waals surface area contributed by atoms with E-state index in [-0.39, 0.29) is 17.8 Å². The van der Waals surface area contributed by atoms with Crippen molar-refractivity contribution in [2.24, 2.45) is 17.8 Å². The lowest BCUT2D eigenvalue weighted by atomic mass is 9.80. The molecule has 0 bridgehead atoms. The number of sulfone groups is 1. The summed E-state index contributed by atoms with van der Waals surface area (Å²) in [6.45, 7) is 10.6. The molecule has 1 rings (SSSR count). The first-order valence-electron chi connectivity index (χ1n) is 5.92. The third-order valence-electron chi connectivity index (χ3n) is 3.90. The molecule has 0 radical (unpaired) electrons. The minimum Gasteiger partial charge on any atom is -0.245 e. The van der Waals surface area contributed by atoms with Crippen LogP contribution in [0.1, 0.15) is 41.5 Å². The normalized spacial score (nSPS) is 37.2. The number of hydrogen-bond donors (Lipinski definition) is 0. The monoisotopic (exact) mass is 250 g/mol. The second-order valence-corrected chi connectivity index (χ2v) is 8.77. The molecule has 2 unspecified atom stereocenters. The van der Waals surface area contributed by atoms with Crippen LogP contribution in [0.25, 0.3) is 0 Å². The summed E-state index contributed by atoms with van der Waals surface area (Å²) in [5.41, 5.74) is 0. The van der Waals surface area contributed by atoms with Crippen molar-refractivity contribution in [1.82, 2.24) is 0 Å². The molecule has 1 heterocycles. The van der Waals surface area contributed by atoms with Crippen molar-refractivity contribution >= 4 is 9.84 Å². The Hall–Kier alpha value is -0.120. The molecule has 0 aromatic carbocycles. The molecule has 0 amide bonds. The maximum Gasteiger partial charge on any atom is 0.161 e. The van der Waals surface area contributed by atoms with Crippen molar-refractivity contribution in [1.29, 1.82) is 0 Å². The van der Waals surface area contributed by atoms with E-state index in [2.05, 4.69) is 0 Å². The molecule has 0 aromatic heterocycles. The molecule has 0 aliphatic carbocycles. The quantitative estimate of drug-likeness (QED) is 0.755. The molecule has 0 aromatic rings. The molecule has 96 valence electrons. The van der Waals surface area contributed by atoms with Crippen molar-refractivity contribution in [2.75, 3.05) is 0 Å². The summed E-state index contributed by atoms with van der Waals surface area (Å²) in [4.78, 5) is 0. The summed E-state index contributed by atoms with van der Waals surface area (Å²) in [6, 6.07) is 0. The van der Waals surface area contributed by atoms with Gasteiger partial charge in [-0.15, -0.1) is 0 Å². The van der Waals surface area contributed by atoms with Gasteiger partial charge in [-0.2, -0.15) is 0 Å². The van der Waals surface area contributed by atoms with Crippen LogP contribution in [0.4, 0.5) is 4.39 Å². The minimum atomic E-state index is -3.38. The molecule has 1 saturated heterocycles. The van der Waals surface area contributed by atoms with E-state index in [4.69, 9.17) is 0 Å². The average Bonchev–Trinajstić information content (AvgIpc) is 2.22. The Labute approximate surface area is 98.5 Å². The summed E-state index contributed by atoms with van der Waals surface area (Å²) in [5, 5.41) is -0.544. The third kappa shape index (κ3) is 1.69. The number of halogens is 1. The van der Waals surface area contributed by atoms with Gasteiger partial charge in [0.15, 0.2) is 9.84 Å². The molecular formula is C12H23FO2S. The Morgan fingerprint density at radius 3 is 1.75 bits per heavy atom. The Morgan fingerprint density at radius 2 is 1.50 bits per heavy atom. The first kappa shape index (κ1) is 13.9. The fraction of sp³-hybridized carbons (Fsp3) is 1.00. The van der Waals surface area contributed by atoms with Crippen molar-refractivity contribution < 1.29 is 12.8 Å². The zero-order chi connectivity index (χ0) is 12.9. The molecule has 0 spiro atoms. The van der Waals surface area contributed by atoms with Crippen LogP contribution in [0, 0.1) is 17.8 Å². The predicted molar refractivity (Wildman–Crippen MR) is 64.8 cm³/mol. The Balaban J connectivity index is 3.34. The first-order chi connectivity index (χ1) is 7.05. The van der Waals surface area contributed by atoms with Crippen LogP contribution in [-0.2, 0) is 9.84 Å². The van der Waals surface area contributed by atoms with E-state index in [9.17, 15) is 12.8 Å². The first-order valence-corrected chi connectivity index (χ1v) is 7.47. The summed E-state index contributed by atoms with van der Waals surface area (Å²) < 4.78 is 37.8. The Bertz CT molecular complexity index is 357. The number of hydrogen-bond acceptors (Lipinski definition) is 2. The van der Waals surface area contributed by atoms with Crippen LogP contribution < -0.4 is 0 Å². The maximum atomic E-state index is 14.3. The standard InChI is InChI=1S/C12H23FO2S/c1-7(2)9-10(8(3)4)16(14,15)12(5,6)11(9)13/h7-11H,1-6H3/t9?,10?,11-/m0/s1. The van der Waals surface area contributed by atoms with Crippen LogP contribution in [0.15, 0.2) is 0 Å². The fourth-order valence-electron chi connectivity index (χ4n) is 2.86.